The smallest absolute Gasteiger partial charge is 0.345 e. The second-order valence-electron chi connectivity index (χ2n) is 10.1. The summed E-state index contributed by atoms with van der Waals surface area (Å²) < 4.78 is 17.6. The number of carbonyl (C=O) groups is 1. The van der Waals surface area contributed by atoms with E-state index in [4.69, 9.17) is 13.6 Å². The molecule has 5 aromatic rings. The molecule has 0 unspecified atom stereocenters. The van der Waals surface area contributed by atoms with Gasteiger partial charge in [-0.3, -0.25) is 0 Å². The van der Waals surface area contributed by atoms with E-state index >= 15 is 0 Å². The van der Waals surface area contributed by atoms with E-state index in [9.17, 15) is 9.90 Å². The van der Waals surface area contributed by atoms with Gasteiger partial charge in [-0.25, -0.2) is 9.78 Å². The van der Waals surface area contributed by atoms with Crippen LogP contribution in [-0.2, 0) is 29.5 Å². The zero-order valence-electron chi connectivity index (χ0n) is 20.7. The number of hydrogen-bond acceptors (Lipinski definition) is 5. The molecular weight excluding hydrogens is 454 g/mol. The second-order valence-corrected chi connectivity index (χ2v) is 10.1. The van der Waals surface area contributed by atoms with E-state index in [1.165, 1.54) is 0 Å². The van der Waals surface area contributed by atoms with Crippen LogP contribution in [0, 0.1) is 0 Å². The van der Waals surface area contributed by atoms with Gasteiger partial charge in [-0.2, -0.15) is 0 Å². The number of hydrogen-bond donors (Lipinski definition) is 1. The Morgan fingerprint density at radius 2 is 1.72 bits per heavy atom. The molecule has 0 amide bonds. The summed E-state index contributed by atoms with van der Waals surface area (Å²) in [6, 6.07) is 23.1. The number of ether oxygens (including phenoxy) is 1. The molecule has 5 rings (SSSR count). The van der Waals surface area contributed by atoms with Crippen molar-refractivity contribution in [1.29, 1.82) is 0 Å². The molecule has 0 radical (unpaired) electrons. The Balaban J connectivity index is 1.26. The zero-order chi connectivity index (χ0) is 25.3. The van der Waals surface area contributed by atoms with Crippen molar-refractivity contribution in [2.24, 2.45) is 0 Å². The normalized spacial score (nSPS) is 12.8. The molecule has 2 heterocycles. The van der Waals surface area contributed by atoms with E-state index in [0.717, 1.165) is 27.9 Å². The topological polar surface area (TPSA) is 85.7 Å². The highest BCUT2D eigenvalue weighted by Gasteiger charge is 2.21. The van der Waals surface area contributed by atoms with Gasteiger partial charge in [0, 0.05) is 24.6 Å². The van der Waals surface area contributed by atoms with Crippen molar-refractivity contribution in [3.8, 4) is 5.75 Å². The molecule has 6 heteroatoms. The molecule has 0 aliphatic carbocycles. The summed E-state index contributed by atoms with van der Waals surface area (Å²) >= 11 is 0. The molecule has 0 bridgehead atoms. The largest absolute Gasteiger partial charge is 0.478 e. The van der Waals surface area contributed by atoms with Crippen molar-refractivity contribution < 1.29 is 23.5 Å². The van der Waals surface area contributed by atoms with Crippen molar-refractivity contribution >= 4 is 28.0 Å². The molecule has 2 aromatic heterocycles. The van der Waals surface area contributed by atoms with Gasteiger partial charge in [0.05, 0.1) is 0 Å². The number of carboxylic acids is 1. The minimum absolute atomic E-state index is 0.0165. The molecule has 184 valence electrons. The third kappa shape index (κ3) is 5.28. The number of fused-ring (bicyclic) bond motifs is 2. The van der Waals surface area contributed by atoms with Gasteiger partial charge in [-0.15, -0.1) is 0 Å². The number of nitrogens with zero attached hydrogens (tertiary/aromatic N) is 1. The van der Waals surface area contributed by atoms with Crippen LogP contribution in [0.5, 0.6) is 5.75 Å². The van der Waals surface area contributed by atoms with Gasteiger partial charge in [0.1, 0.15) is 22.6 Å². The fourth-order valence-electron chi connectivity index (χ4n) is 4.24. The number of oxazole rings is 1. The highest BCUT2D eigenvalue weighted by atomic mass is 16.5. The fourth-order valence-corrected chi connectivity index (χ4v) is 4.24. The maximum absolute atomic E-state index is 11.9. The third-order valence-corrected chi connectivity index (χ3v) is 6.25. The Morgan fingerprint density at radius 3 is 2.44 bits per heavy atom. The Bertz CT molecular complexity index is 1470. The number of furan rings is 1. The van der Waals surface area contributed by atoms with Gasteiger partial charge in [-0.05, 0) is 52.9 Å². The summed E-state index contributed by atoms with van der Waals surface area (Å²) in [6.45, 7) is 6.40. The molecule has 36 heavy (non-hydrogen) atoms. The highest BCUT2D eigenvalue weighted by molar-refractivity contribution is 5.78. The van der Waals surface area contributed by atoms with Crippen molar-refractivity contribution in [2.45, 2.75) is 51.6 Å². The van der Waals surface area contributed by atoms with Crippen LogP contribution < -0.4 is 4.74 Å². The van der Waals surface area contributed by atoms with Crippen LogP contribution in [0.15, 0.2) is 81.6 Å². The van der Waals surface area contributed by atoms with E-state index in [0.29, 0.717) is 35.6 Å². The zero-order valence-corrected chi connectivity index (χ0v) is 20.7. The van der Waals surface area contributed by atoms with E-state index in [1.807, 2.05) is 72.8 Å². The second kappa shape index (κ2) is 9.53. The summed E-state index contributed by atoms with van der Waals surface area (Å²) in [6.07, 6.45) is 0.488. The van der Waals surface area contributed by atoms with Crippen LogP contribution in [0.4, 0.5) is 0 Å². The van der Waals surface area contributed by atoms with E-state index in [-0.39, 0.29) is 11.8 Å². The number of carboxylic acid groups (broad SMARTS) is 1. The SMILES string of the molecule is CC(C)(C)c1ccc(O[C@@H](Cc2ccc3oc(CCc4cc5ccccc5o4)nc3c2)C(=O)O)cc1. The van der Waals surface area contributed by atoms with E-state index < -0.39 is 12.1 Å². The molecule has 1 N–H and O–H groups in total. The van der Waals surface area contributed by atoms with Crippen LogP contribution in [-0.4, -0.2) is 22.2 Å². The molecule has 0 saturated heterocycles. The van der Waals surface area contributed by atoms with Crippen LogP contribution >= 0.6 is 0 Å². The number of aliphatic carboxylic acids is 1. The van der Waals surface area contributed by atoms with Crippen LogP contribution in [0.2, 0.25) is 0 Å². The maximum Gasteiger partial charge on any atom is 0.345 e. The van der Waals surface area contributed by atoms with Crippen molar-refractivity contribution in [1.82, 2.24) is 4.98 Å². The number of aromatic nitrogens is 1. The Kier molecular flexibility index (Phi) is 6.27. The molecule has 3 aromatic carbocycles. The van der Waals surface area contributed by atoms with Gasteiger partial charge in [0.25, 0.3) is 0 Å². The monoisotopic (exact) mass is 483 g/mol. The first-order chi connectivity index (χ1) is 17.2. The Morgan fingerprint density at radius 1 is 0.944 bits per heavy atom. The van der Waals surface area contributed by atoms with Crippen LogP contribution in [0.25, 0.3) is 22.1 Å². The van der Waals surface area contributed by atoms with E-state index in [2.05, 4.69) is 25.8 Å². The first-order valence-corrected chi connectivity index (χ1v) is 12.1. The van der Waals surface area contributed by atoms with Crippen molar-refractivity contribution in [3.63, 3.8) is 0 Å². The number of para-hydroxylation sites is 1. The number of benzene rings is 3. The highest BCUT2D eigenvalue weighted by Crippen LogP contribution is 2.26. The van der Waals surface area contributed by atoms with Crippen LogP contribution in [0.3, 0.4) is 0 Å². The lowest BCUT2D eigenvalue weighted by Crippen LogP contribution is -2.29. The molecule has 0 spiro atoms. The minimum Gasteiger partial charge on any atom is -0.478 e. The lowest BCUT2D eigenvalue weighted by Gasteiger charge is -2.20. The maximum atomic E-state index is 11.9. The lowest BCUT2D eigenvalue weighted by atomic mass is 9.87. The molecule has 0 aliphatic heterocycles. The number of aryl methyl sites for hydroxylation is 2. The summed E-state index contributed by atoms with van der Waals surface area (Å²) in [5.41, 5.74) is 4.24. The fraction of sp³-hybridized carbons (Fsp3) is 0.267. The first-order valence-electron chi connectivity index (χ1n) is 12.1. The Hall–Kier alpha value is -4.06. The summed E-state index contributed by atoms with van der Waals surface area (Å²) in [7, 11) is 0. The first kappa shape index (κ1) is 23.7. The quantitative estimate of drug-likeness (QED) is 0.263. The van der Waals surface area contributed by atoms with Gasteiger partial charge in [0.2, 0.25) is 0 Å². The van der Waals surface area contributed by atoms with Gasteiger partial charge in [-0.1, -0.05) is 57.2 Å². The third-order valence-electron chi connectivity index (χ3n) is 6.25. The molecule has 6 nitrogen and oxygen atoms in total. The molecule has 1 atom stereocenters. The van der Waals surface area contributed by atoms with Crippen molar-refractivity contribution in [3.05, 3.63) is 95.6 Å². The summed E-state index contributed by atoms with van der Waals surface area (Å²) in [5.74, 6) is 1.02. The van der Waals surface area contributed by atoms with Gasteiger partial charge >= 0.3 is 5.97 Å². The average molecular weight is 484 g/mol. The average Bonchev–Trinajstić information content (AvgIpc) is 3.45. The minimum atomic E-state index is -1.01. The standard InChI is InChI=1S/C30H29NO5/c1-30(2,3)21-9-11-22(12-10-21)34-27(29(32)33)17-19-8-14-26-24(16-19)31-28(36-26)15-13-23-18-20-6-4-5-7-25(20)35-23/h4-12,14,16,18,27H,13,15,17H2,1-3H3,(H,32,33)/t27-/m0/s1. The number of rotatable bonds is 8. The summed E-state index contributed by atoms with van der Waals surface area (Å²) in [5, 5.41) is 10.8. The molecule has 0 fully saturated rings. The van der Waals surface area contributed by atoms with Gasteiger partial charge < -0.3 is 18.7 Å². The van der Waals surface area contributed by atoms with Crippen molar-refractivity contribution in [2.75, 3.05) is 0 Å². The molecule has 0 aliphatic rings. The predicted octanol–water partition coefficient (Wildman–Crippen LogP) is 6.73. The molecule has 0 saturated carbocycles. The lowest BCUT2D eigenvalue weighted by molar-refractivity contribution is -0.145. The Labute approximate surface area is 209 Å². The summed E-state index contributed by atoms with van der Waals surface area (Å²) in [4.78, 5) is 16.5. The van der Waals surface area contributed by atoms with Crippen LogP contribution in [0.1, 0.15) is 43.5 Å². The van der Waals surface area contributed by atoms with E-state index in [1.54, 1.807) is 0 Å². The van der Waals surface area contributed by atoms with Gasteiger partial charge in [0.15, 0.2) is 17.6 Å². The predicted molar refractivity (Wildman–Crippen MR) is 139 cm³/mol. The molecular formula is C30H29NO5.